The fourth-order valence-electron chi connectivity index (χ4n) is 2.26. The Morgan fingerprint density at radius 2 is 2.00 bits per heavy atom. The van der Waals surface area contributed by atoms with E-state index in [1.165, 1.54) is 24.3 Å². The van der Waals surface area contributed by atoms with Gasteiger partial charge in [-0.25, -0.2) is 9.37 Å². The van der Waals surface area contributed by atoms with Crippen LogP contribution < -0.4 is 0 Å². The average molecular weight is 303 g/mol. The van der Waals surface area contributed by atoms with Gasteiger partial charge in [-0.1, -0.05) is 11.6 Å². The van der Waals surface area contributed by atoms with Crippen LogP contribution in [0, 0.1) is 12.7 Å². The summed E-state index contributed by atoms with van der Waals surface area (Å²) in [5.74, 6) is 0.209. The lowest BCUT2D eigenvalue weighted by molar-refractivity contribution is 0.0972. The van der Waals surface area contributed by atoms with Crippen LogP contribution in [-0.2, 0) is 6.54 Å². The molecule has 0 aromatic heterocycles. The molecule has 3 rings (SSSR count). The number of benzene rings is 1. The first-order chi connectivity index (χ1) is 10.1. The van der Waals surface area contributed by atoms with Crippen LogP contribution >= 0.6 is 11.6 Å². The van der Waals surface area contributed by atoms with Gasteiger partial charge >= 0.3 is 0 Å². The second-order valence-corrected chi connectivity index (χ2v) is 5.19. The topological polar surface area (TPSA) is 34.9 Å². The van der Waals surface area contributed by atoms with Crippen molar-refractivity contribution in [3.63, 3.8) is 0 Å². The fraction of sp³-hybridized carbons (Fsp3) is 0.125. The zero-order valence-electron chi connectivity index (χ0n) is 11.3. The monoisotopic (exact) mass is 302 g/mol. The largest absolute Gasteiger partial charge is 0.325 e. The third kappa shape index (κ3) is 2.54. The van der Waals surface area contributed by atoms with E-state index in [-0.39, 0.29) is 18.1 Å². The molecule has 3 nitrogen and oxygen atoms in total. The van der Waals surface area contributed by atoms with Crippen LogP contribution in [0.5, 0.6) is 0 Å². The van der Waals surface area contributed by atoms with Crippen LogP contribution in [0.2, 0.25) is 5.15 Å². The first-order valence-corrected chi connectivity index (χ1v) is 6.84. The van der Waals surface area contributed by atoms with E-state index in [2.05, 4.69) is 4.98 Å². The van der Waals surface area contributed by atoms with Gasteiger partial charge in [0.1, 0.15) is 16.8 Å². The van der Waals surface area contributed by atoms with E-state index in [0.717, 1.165) is 11.1 Å². The molecule has 21 heavy (non-hydrogen) atoms. The lowest BCUT2D eigenvalue weighted by Gasteiger charge is -2.11. The van der Waals surface area contributed by atoms with Crippen LogP contribution in [0.4, 0.5) is 4.39 Å². The van der Waals surface area contributed by atoms with Gasteiger partial charge in [0.05, 0.1) is 6.54 Å². The Hall–Kier alpha value is -2.20. The summed E-state index contributed by atoms with van der Waals surface area (Å²) in [6, 6.07) is 9.29. The van der Waals surface area contributed by atoms with Crippen molar-refractivity contribution < 1.29 is 9.18 Å². The highest BCUT2D eigenvalue weighted by atomic mass is 35.5. The molecule has 1 aromatic carbocycles. The third-order valence-corrected chi connectivity index (χ3v) is 3.81. The summed E-state index contributed by atoms with van der Waals surface area (Å²) in [6.45, 7) is 2.03. The second-order valence-electron chi connectivity index (χ2n) is 4.83. The normalized spacial score (nSPS) is 11.0. The maximum Gasteiger partial charge on any atom is 0.182 e. The van der Waals surface area contributed by atoms with Crippen LogP contribution in [0.15, 0.2) is 42.6 Å². The number of ketones is 1. The van der Waals surface area contributed by atoms with E-state index in [1.54, 1.807) is 10.8 Å². The molecule has 2 aliphatic rings. The van der Waals surface area contributed by atoms with Gasteiger partial charge < -0.3 is 4.57 Å². The third-order valence-electron chi connectivity index (χ3n) is 3.44. The smallest absolute Gasteiger partial charge is 0.182 e. The Morgan fingerprint density at radius 1 is 1.29 bits per heavy atom. The molecule has 5 heteroatoms. The molecule has 106 valence electrons. The zero-order valence-corrected chi connectivity index (χ0v) is 12.1. The summed E-state index contributed by atoms with van der Waals surface area (Å²) in [7, 11) is 0. The van der Waals surface area contributed by atoms with Gasteiger partial charge in [-0.3, -0.25) is 4.79 Å². The number of hydrogen-bond donors (Lipinski definition) is 0. The molecule has 1 aromatic rings. The Morgan fingerprint density at radius 3 is 2.71 bits per heavy atom. The summed E-state index contributed by atoms with van der Waals surface area (Å²) >= 11 is 6.04. The van der Waals surface area contributed by atoms with Crippen molar-refractivity contribution in [2.24, 2.45) is 0 Å². The molecule has 0 fully saturated rings. The molecule has 0 aliphatic carbocycles. The summed E-state index contributed by atoms with van der Waals surface area (Å²) in [4.78, 5) is 16.5. The average Bonchev–Trinajstić information content (AvgIpc) is 2.77. The van der Waals surface area contributed by atoms with E-state index in [0.29, 0.717) is 16.5 Å². The van der Waals surface area contributed by atoms with Crippen LogP contribution in [0.1, 0.15) is 15.9 Å². The van der Waals surface area contributed by atoms with E-state index in [1.807, 2.05) is 19.1 Å². The number of halogens is 2. The second kappa shape index (κ2) is 5.30. The molecule has 0 saturated heterocycles. The molecule has 0 spiro atoms. The summed E-state index contributed by atoms with van der Waals surface area (Å²) in [6.07, 6.45) is 1.78. The van der Waals surface area contributed by atoms with Crippen molar-refractivity contribution in [3.8, 4) is 11.4 Å². The Labute approximate surface area is 126 Å². The number of Topliss-reactive ketones (excluding diaryl/α,β-unsaturated/α-hetero) is 1. The lowest BCUT2D eigenvalue weighted by atomic mass is 10.1. The molecule has 0 unspecified atom stereocenters. The van der Waals surface area contributed by atoms with Crippen LogP contribution in [0.25, 0.3) is 11.4 Å². The molecule has 2 heterocycles. The van der Waals surface area contributed by atoms with E-state index >= 15 is 0 Å². The van der Waals surface area contributed by atoms with Gasteiger partial charge in [-0.15, -0.1) is 0 Å². The van der Waals surface area contributed by atoms with Gasteiger partial charge in [0, 0.05) is 17.3 Å². The van der Waals surface area contributed by atoms with E-state index in [9.17, 15) is 9.18 Å². The molecule has 0 N–H and O–H groups in total. The number of hydrogen-bond acceptors (Lipinski definition) is 2. The number of rotatable bonds is 3. The first-order valence-electron chi connectivity index (χ1n) is 6.46. The predicted octanol–water partition coefficient (Wildman–Crippen LogP) is 3.97. The number of aromatic nitrogens is 2. The van der Waals surface area contributed by atoms with Gasteiger partial charge in [0.25, 0.3) is 0 Å². The van der Waals surface area contributed by atoms with Crippen LogP contribution in [0.3, 0.4) is 0 Å². The summed E-state index contributed by atoms with van der Waals surface area (Å²) in [5.41, 5.74) is 2.29. The summed E-state index contributed by atoms with van der Waals surface area (Å²) in [5, 5.41) is 0.444. The number of carbonyl (C=O) groups is 1. The SMILES string of the molecule is Cc1c2cccn(CC(=O)c3ccc(F)cc3)c-2nc1Cl. The lowest BCUT2D eigenvalue weighted by Crippen LogP contribution is -2.12. The van der Waals surface area contributed by atoms with Crippen molar-refractivity contribution in [1.82, 2.24) is 9.55 Å². The van der Waals surface area contributed by atoms with Crippen molar-refractivity contribution in [1.29, 1.82) is 0 Å². The maximum atomic E-state index is 12.9. The quantitative estimate of drug-likeness (QED) is 0.686. The highest BCUT2D eigenvalue weighted by molar-refractivity contribution is 6.31. The molecule has 0 bridgehead atoms. The van der Waals surface area contributed by atoms with Crippen molar-refractivity contribution in [2.45, 2.75) is 13.5 Å². The molecule has 0 saturated carbocycles. The minimum atomic E-state index is -0.360. The zero-order chi connectivity index (χ0) is 15.0. The van der Waals surface area contributed by atoms with Gasteiger partial charge in [0.15, 0.2) is 5.78 Å². The molecule has 0 radical (unpaired) electrons. The number of fused-ring (bicyclic) bond motifs is 1. The van der Waals surface area contributed by atoms with Crippen molar-refractivity contribution >= 4 is 17.4 Å². The molecular formula is C16H12ClFN2O. The molecule has 2 aliphatic heterocycles. The van der Waals surface area contributed by atoms with Gasteiger partial charge in [-0.05, 0) is 48.9 Å². The number of nitrogens with zero attached hydrogens (tertiary/aromatic N) is 2. The minimum absolute atomic E-state index is 0.107. The Kier molecular flexibility index (Phi) is 3.47. The molecule has 0 atom stereocenters. The molecule has 0 amide bonds. The number of carbonyl (C=O) groups excluding carboxylic acids is 1. The fourth-order valence-corrected chi connectivity index (χ4v) is 2.44. The van der Waals surface area contributed by atoms with Gasteiger partial charge in [0.2, 0.25) is 0 Å². The molecular weight excluding hydrogens is 291 g/mol. The Bertz CT molecular complexity index is 780. The van der Waals surface area contributed by atoms with Crippen molar-refractivity contribution in [3.05, 3.63) is 64.7 Å². The standard InChI is InChI=1S/C16H12ClFN2O/c1-10-13-3-2-8-20(16(13)19-15(10)17)9-14(21)11-4-6-12(18)7-5-11/h2-8H,9H2,1H3. The van der Waals surface area contributed by atoms with E-state index in [4.69, 9.17) is 11.6 Å². The summed E-state index contributed by atoms with van der Waals surface area (Å²) < 4.78 is 14.6. The van der Waals surface area contributed by atoms with E-state index < -0.39 is 0 Å². The predicted molar refractivity (Wildman–Crippen MR) is 79.3 cm³/mol. The Balaban J connectivity index is 1.92. The first kappa shape index (κ1) is 13.8. The highest BCUT2D eigenvalue weighted by Gasteiger charge is 2.17. The van der Waals surface area contributed by atoms with Gasteiger partial charge in [-0.2, -0.15) is 0 Å². The highest BCUT2D eigenvalue weighted by Crippen LogP contribution is 2.30. The number of pyridine rings is 1. The van der Waals surface area contributed by atoms with Crippen LogP contribution in [-0.4, -0.2) is 15.3 Å². The minimum Gasteiger partial charge on any atom is -0.325 e. The van der Waals surface area contributed by atoms with Crippen molar-refractivity contribution in [2.75, 3.05) is 0 Å². The maximum absolute atomic E-state index is 12.9.